The number of para-hydroxylation sites is 3. The van der Waals surface area contributed by atoms with Crippen LogP contribution in [0.15, 0.2) is 180 Å². The molecule has 0 aliphatic carbocycles. The van der Waals surface area contributed by atoms with E-state index in [-0.39, 0.29) is 0 Å². The summed E-state index contributed by atoms with van der Waals surface area (Å²) in [5.41, 5.74) is 13.3. The van der Waals surface area contributed by atoms with Gasteiger partial charge in [-0.3, -0.25) is 0 Å². The van der Waals surface area contributed by atoms with Crippen molar-refractivity contribution in [3.63, 3.8) is 0 Å². The molecule has 236 valence electrons. The van der Waals surface area contributed by atoms with Gasteiger partial charge in [0.2, 0.25) is 0 Å². The summed E-state index contributed by atoms with van der Waals surface area (Å²) in [4.78, 5) is 2.36. The summed E-state index contributed by atoms with van der Waals surface area (Å²) in [7, 11) is 0. The van der Waals surface area contributed by atoms with Crippen LogP contribution in [0.4, 0.5) is 17.1 Å². The highest BCUT2D eigenvalue weighted by Gasteiger charge is 2.24. The molecule has 0 atom stereocenters. The minimum atomic E-state index is 0.530. The highest BCUT2D eigenvalue weighted by atomic mass is 16.5. The molecule has 0 N–H and O–H groups in total. The van der Waals surface area contributed by atoms with Crippen molar-refractivity contribution in [3.05, 3.63) is 181 Å². The van der Waals surface area contributed by atoms with Crippen LogP contribution in [0.5, 0.6) is 5.75 Å². The quantitative estimate of drug-likeness (QED) is 0.187. The average molecular weight is 642 g/mol. The number of fused-ring (bicyclic) bond motifs is 8. The summed E-state index contributed by atoms with van der Waals surface area (Å²) in [6.07, 6.45) is 0. The largest absolute Gasteiger partial charge is 0.488 e. The van der Waals surface area contributed by atoms with E-state index < -0.39 is 0 Å². The number of hydrogen-bond acceptors (Lipinski definition) is 3. The Morgan fingerprint density at radius 3 is 2.06 bits per heavy atom. The molecule has 3 heteroatoms. The van der Waals surface area contributed by atoms with Crippen molar-refractivity contribution in [2.24, 2.45) is 0 Å². The first-order valence-corrected chi connectivity index (χ1v) is 17.0. The van der Waals surface area contributed by atoms with Gasteiger partial charge < -0.3 is 14.1 Å². The van der Waals surface area contributed by atoms with Gasteiger partial charge in [-0.1, -0.05) is 121 Å². The Morgan fingerprint density at radius 1 is 0.460 bits per heavy atom. The molecule has 0 saturated heterocycles. The molecule has 1 aromatic heterocycles. The molecule has 0 bridgehead atoms. The fourth-order valence-electron chi connectivity index (χ4n) is 7.63. The third-order valence-corrected chi connectivity index (χ3v) is 9.96. The van der Waals surface area contributed by atoms with Gasteiger partial charge in [0.1, 0.15) is 23.5 Å². The molecule has 0 saturated carbocycles. The Balaban J connectivity index is 1.06. The van der Waals surface area contributed by atoms with E-state index in [9.17, 15) is 0 Å². The summed E-state index contributed by atoms with van der Waals surface area (Å²) >= 11 is 0. The van der Waals surface area contributed by atoms with E-state index in [1.54, 1.807) is 0 Å². The topological polar surface area (TPSA) is 25.6 Å². The number of hydrogen-bond donors (Lipinski definition) is 0. The number of nitrogens with zero attached hydrogens (tertiary/aromatic N) is 1. The minimum absolute atomic E-state index is 0.530. The van der Waals surface area contributed by atoms with Crippen molar-refractivity contribution in [2.75, 3.05) is 4.90 Å². The molecule has 3 nitrogen and oxygen atoms in total. The summed E-state index contributed by atoms with van der Waals surface area (Å²) in [5.74, 6) is 0.895. The molecule has 0 spiro atoms. The molecular weight excluding hydrogens is 611 g/mol. The van der Waals surface area contributed by atoms with Gasteiger partial charge in [0.15, 0.2) is 0 Å². The standard InChI is InChI=1S/C47H31NO2/c1-2-13-35(14-3-1)48(42-19-8-6-16-39(42)38-18-10-12-32-11-4-5-15-37(32)38)36-25-21-31(22-26-36)33-23-27-41-45(29-33)49-30-34-24-28-44-47(46(34)41)40-17-7-9-20-43(40)50-44/h1-29H,30H2. The third-order valence-electron chi connectivity index (χ3n) is 9.96. The molecule has 50 heavy (non-hydrogen) atoms. The van der Waals surface area contributed by atoms with Gasteiger partial charge in [-0.25, -0.2) is 0 Å². The van der Waals surface area contributed by atoms with Crippen LogP contribution in [0.1, 0.15) is 5.56 Å². The molecule has 0 unspecified atom stereocenters. The van der Waals surface area contributed by atoms with E-state index in [0.717, 1.165) is 61.4 Å². The maximum Gasteiger partial charge on any atom is 0.136 e. The lowest BCUT2D eigenvalue weighted by molar-refractivity contribution is 0.303. The van der Waals surface area contributed by atoms with E-state index >= 15 is 0 Å². The molecule has 9 aromatic rings. The second-order valence-electron chi connectivity index (χ2n) is 12.8. The summed E-state index contributed by atoms with van der Waals surface area (Å²) < 4.78 is 12.6. The van der Waals surface area contributed by atoms with Gasteiger partial charge >= 0.3 is 0 Å². The van der Waals surface area contributed by atoms with Crippen LogP contribution in [0, 0.1) is 0 Å². The molecule has 2 heterocycles. The maximum atomic E-state index is 6.37. The molecule has 1 aliphatic rings. The van der Waals surface area contributed by atoms with E-state index in [0.29, 0.717) is 6.61 Å². The van der Waals surface area contributed by atoms with E-state index in [1.807, 2.05) is 12.1 Å². The summed E-state index contributed by atoms with van der Waals surface area (Å²) in [5, 5.41) is 4.77. The van der Waals surface area contributed by atoms with Gasteiger partial charge in [-0.15, -0.1) is 0 Å². The first kappa shape index (κ1) is 28.4. The molecule has 10 rings (SSSR count). The Kier molecular flexibility index (Phi) is 6.56. The fraction of sp³-hybridized carbons (Fsp3) is 0.0213. The van der Waals surface area contributed by atoms with Crippen molar-refractivity contribution in [1.82, 2.24) is 0 Å². The van der Waals surface area contributed by atoms with E-state index in [1.165, 1.54) is 33.0 Å². The number of ether oxygens (including phenoxy) is 1. The monoisotopic (exact) mass is 641 g/mol. The van der Waals surface area contributed by atoms with Gasteiger partial charge in [-0.05, 0) is 87.6 Å². The molecule has 1 aliphatic heterocycles. The van der Waals surface area contributed by atoms with Gasteiger partial charge in [0.05, 0.1) is 5.69 Å². The van der Waals surface area contributed by atoms with Crippen LogP contribution in [0.3, 0.4) is 0 Å². The zero-order chi connectivity index (χ0) is 33.0. The molecular formula is C47H31NO2. The molecule has 0 radical (unpaired) electrons. The van der Waals surface area contributed by atoms with Crippen LogP contribution < -0.4 is 9.64 Å². The lowest BCUT2D eigenvalue weighted by Crippen LogP contribution is -2.11. The van der Waals surface area contributed by atoms with Gasteiger partial charge in [0.25, 0.3) is 0 Å². The highest BCUT2D eigenvalue weighted by Crippen LogP contribution is 2.47. The second kappa shape index (κ2) is 11.5. The molecule has 0 fully saturated rings. The van der Waals surface area contributed by atoms with E-state index in [4.69, 9.17) is 9.15 Å². The number of benzene rings is 8. The van der Waals surface area contributed by atoms with Crippen LogP contribution in [0.2, 0.25) is 0 Å². The molecule has 0 amide bonds. The lowest BCUT2D eigenvalue weighted by Gasteiger charge is -2.28. The third kappa shape index (κ3) is 4.59. The zero-order valence-corrected chi connectivity index (χ0v) is 27.2. The highest BCUT2D eigenvalue weighted by molar-refractivity contribution is 6.14. The fourth-order valence-corrected chi connectivity index (χ4v) is 7.63. The molecule has 8 aromatic carbocycles. The van der Waals surface area contributed by atoms with Crippen LogP contribution in [-0.2, 0) is 6.61 Å². The number of anilines is 3. The first-order chi connectivity index (χ1) is 24.8. The second-order valence-corrected chi connectivity index (χ2v) is 12.8. The van der Waals surface area contributed by atoms with Crippen molar-refractivity contribution in [2.45, 2.75) is 6.61 Å². The van der Waals surface area contributed by atoms with Gasteiger partial charge in [0, 0.05) is 38.8 Å². The van der Waals surface area contributed by atoms with Crippen LogP contribution in [0.25, 0.3) is 66.1 Å². The van der Waals surface area contributed by atoms with Crippen molar-refractivity contribution >= 4 is 49.8 Å². The Morgan fingerprint density at radius 2 is 1.16 bits per heavy atom. The Hall–Kier alpha value is -6.58. The SMILES string of the molecule is c1ccc(N(c2ccc(-c3ccc4c(c3)OCc3ccc5oc6ccccc6c5c3-4)cc2)c2ccccc2-c2cccc3ccccc23)cc1. The van der Waals surface area contributed by atoms with Crippen molar-refractivity contribution in [3.8, 4) is 39.1 Å². The van der Waals surface area contributed by atoms with Crippen molar-refractivity contribution < 1.29 is 9.15 Å². The number of furan rings is 1. The first-order valence-electron chi connectivity index (χ1n) is 17.0. The van der Waals surface area contributed by atoms with Crippen molar-refractivity contribution in [1.29, 1.82) is 0 Å². The van der Waals surface area contributed by atoms with E-state index in [2.05, 4.69) is 169 Å². The maximum absolute atomic E-state index is 6.37. The van der Waals surface area contributed by atoms with Crippen LogP contribution in [-0.4, -0.2) is 0 Å². The minimum Gasteiger partial charge on any atom is -0.488 e. The Labute approximate surface area is 290 Å². The predicted octanol–water partition coefficient (Wildman–Crippen LogP) is 13.1. The average Bonchev–Trinajstić information content (AvgIpc) is 3.57. The Bertz CT molecular complexity index is 2700. The summed E-state index contributed by atoms with van der Waals surface area (Å²) in [6, 6.07) is 62.4. The van der Waals surface area contributed by atoms with Crippen LogP contribution >= 0.6 is 0 Å². The zero-order valence-electron chi connectivity index (χ0n) is 27.2. The van der Waals surface area contributed by atoms with Gasteiger partial charge in [-0.2, -0.15) is 0 Å². The normalized spacial score (nSPS) is 12.1. The predicted molar refractivity (Wildman–Crippen MR) is 207 cm³/mol. The number of rotatable bonds is 5. The smallest absolute Gasteiger partial charge is 0.136 e. The lowest BCUT2D eigenvalue weighted by atomic mass is 9.91. The summed E-state index contributed by atoms with van der Waals surface area (Å²) in [6.45, 7) is 0.530.